The van der Waals surface area contributed by atoms with E-state index in [0.717, 1.165) is 6.54 Å². The highest BCUT2D eigenvalue weighted by Gasteiger charge is 2.41. The molecule has 1 aliphatic heterocycles. The van der Waals surface area contributed by atoms with Gasteiger partial charge in [0.1, 0.15) is 0 Å². The molecule has 0 amide bonds. The van der Waals surface area contributed by atoms with E-state index in [2.05, 4.69) is 56.1 Å². The van der Waals surface area contributed by atoms with Crippen molar-refractivity contribution in [3.05, 3.63) is 29.3 Å². The fraction of sp³-hybridized carbons (Fsp3) is 0.684. The number of benzene rings is 1. The van der Waals surface area contributed by atoms with Crippen molar-refractivity contribution in [3.8, 4) is 0 Å². The van der Waals surface area contributed by atoms with Crippen molar-refractivity contribution < 1.29 is 0 Å². The summed E-state index contributed by atoms with van der Waals surface area (Å²) in [4.78, 5) is 2.70. The van der Waals surface area contributed by atoms with Crippen molar-refractivity contribution in [2.45, 2.75) is 65.0 Å². The van der Waals surface area contributed by atoms with Crippen molar-refractivity contribution in [1.29, 1.82) is 0 Å². The van der Waals surface area contributed by atoms with Gasteiger partial charge in [-0.15, -0.1) is 0 Å². The number of piperazine rings is 1. The molecule has 1 saturated carbocycles. The first-order valence-electron chi connectivity index (χ1n) is 8.59. The Morgan fingerprint density at radius 2 is 1.71 bits per heavy atom. The molecule has 1 spiro atoms. The van der Waals surface area contributed by atoms with E-state index in [-0.39, 0.29) is 0 Å². The largest absolute Gasteiger partial charge is 0.365 e. The van der Waals surface area contributed by atoms with E-state index in [1.165, 1.54) is 49.0 Å². The van der Waals surface area contributed by atoms with Gasteiger partial charge in [0.25, 0.3) is 0 Å². The Morgan fingerprint density at radius 1 is 1.10 bits per heavy atom. The average molecular weight is 286 g/mol. The van der Waals surface area contributed by atoms with E-state index in [1.54, 1.807) is 0 Å². The minimum absolute atomic E-state index is 0.378. The Morgan fingerprint density at radius 3 is 2.29 bits per heavy atom. The molecule has 1 aromatic carbocycles. The molecule has 2 heteroatoms. The molecule has 1 saturated heterocycles. The molecule has 0 radical (unpaired) electrons. The molecule has 1 N–H and O–H groups in total. The van der Waals surface area contributed by atoms with Crippen LogP contribution in [0.5, 0.6) is 0 Å². The predicted octanol–water partition coefficient (Wildman–Crippen LogP) is 4.05. The molecule has 1 unspecified atom stereocenters. The fourth-order valence-corrected chi connectivity index (χ4v) is 4.31. The molecule has 21 heavy (non-hydrogen) atoms. The highest BCUT2D eigenvalue weighted by Crippen LogP contribution is 2.36. The zero-order valence-corrected chi connectivity index (χ0v) is 14.1. The van der Waals surface area contributed by atoms with E-state index in [9.17, 15) is 0 Å². The second kappa shape index (κ2) is 5.64. The zero-order chi connectivity index (χ0) is 15.0. The van der Waals surface area contributed by atoms with Gasteiger partial charge in [-0.05, 0) is 55.9 Å². The third-order valence-corrected chi connectivity index (χ3v) is 5.43. The van der Waals surface area contributed by atoms with Crippen LogP contribution in [0, 0.1) is 19.8 Å². The first kappa shape index (κ1) is 14.9. The minimum atomic E-state index is 0.378. The summed E-state index contributed by atoms with van der Waals surface area (Å²) in [5, 5.41) is 3.91. The topological polar surface area (TPSA) is 15.3 Å². The highest BCUT2D eigenvalue weighted by atomic mass is 15.3. The van der Waals surface area contributed by atoms with Crippen LogP contribution in [0.2, 0.25) is 0 Å². The van der Waals surface area contributed by atoms with Crippen molar-refractivity contribution >= 4 is 5.69 Å². The lowest BCUT2D eigenvalue weighted by Gasteiger charge is -2.49. The van der Waals surface area contributed by atoms with E-state index >= 15 is 0 Å². The summed E-state index contributed by atoms with van der Waals surface area (Å²) < 4.78 is 0. The molecule has 1 aliphatic carbocycles. The van der Waals surface area contributed by atoms with Crippen LogP contribution in [0.25, 0.3) is 0 Å². The monoisotopic (exact) mass is 286 g/mol. The van der Waals surface area contributed by atoms with Gasteiger partial charge in [0, 0.05) is 30.4 Å². The first-order valence-corrected chi connectivity index (χ1v) is 8.59. The van der Waals surface area contributed by atoms with Crippen LogP contribution in [-0.2, 0) is 0 Å². The molecular formula is C19H30N2. The van der Waals surface area contributed by atoms with Gasteiger partial charge in [-0.1, -0.05) is 32.8 Å². The maximum absolute atomic E-state index is 3.91. The lowest BCUT2D eigenvalue weighted by Crippen LogP contribution is -2.64. The van der Waals surface area contributed by atoms with Crippen molar-refractivity contribution in [2.75, 3.05) is 18.0 Å². The summed E-state index contributed by atoms with van der Waals surface area (Å²) in [6.07, 6.45) is 5.47. The summed E-state index contributed by atoms with van der Waals surface area (Å²) >= 11 is 0. The smallest absolute Gasteiger partial charge is 0.0438 e. The van der Waals surface area contributed by atoms with Crippen LogP contribution in [0.15, 0.2) is 18.2 Å². The number of hydrogen-bond acceptors (Lipinski definition) is 2. The Balaban J connectivity index is 1.93. The predicted molar refractivity (Wildman–Crippen MR) is 91.1 cm³/mol. The fourth-order valence-electron chi connectivity index (χ4n) is 4.31. The van der Waals surface area contributed by atoms with Crippen LogP contribution in [-0.4, -0.2) is 24.7 Å². The third-order valence-electron chi connectivity index (χ3n) is 5.43. The minimum Gasteiger partial charge on any atom is -0.365 e. The number of hydrogen-bond donors (Lipinski definition) is 1. The van der Waals surface area contributed by atoms with Crippen LogP contribution in [0.3, 0.4) is 0 Å². The van der Waals surface area contributed by atoms with Crippen LogP contribution in [0.1, 0.15) is 50.7 Å². The number of anilines is 1. The molecule has 1 aromatic rings. The summed E-state index contributed by atoms with van der Waals surface area (Å²) in [6.45, 7) is 11.5. The van der Waals surface area contributed by atoms with Gasteiger partial charge in [-0.3, -0.25) is 0 Å². The Kier molecular flexibility index (Phi) is 4.00. The molecule has 2 nitrogen and oxygen atoms in total. The van der Waals surface area contributed by atoms with Crippen molar-refractivity contribution in [2.24, 2.45) is 5.92 Å². The molecule has 116 valence electrons. The second-order valence-corrected chi connectivity index (χ2v) is 7.65. The van der Waals surface area contributed by atoms with Gasteiger partial charge in [-0.25, -0.2) is 0 Å². The molecule has 0 aromatic heterocycles. The average Bonchev–Trinajstić information content (AvgIpc) is 2.85. The normalized spacial score (nSPS) is 25.0. The Labute approximate surface area is 129 Å². The molecule has 0 bridgehead atoms. The quantitative estimate of drug-likeness (QED) is 0.882. The summed E-state index contributed by atoms with van der Waals surface area (Å²) in [7, 11) is 0. The Bertz CT molecular complexity index is 480. The SMILES string of the molecule is Cc1cc(C)cc(N2CC3(CCCC3)NCC2C(C)C)c1. The first-order chi connectivity index (χ1) is 9.99. The van der Waals surface area contributed by atoms with Gasteiger partial charge in [0.05, 0.1) is 0 Å². The van der Waals surface area contributed by atoms with Gasteiger partial charge in [0.2, 0.25) is 0 Å². The molecule has 3 rings (SSSR count). The lowest BCUT2D eigenvalue weighted by atomic mass is 9.88. The lowest BCUT2D eigenvalue weighted by molar-refractivity contribution is 0.245. The number of rotatable bonds is 2. The number of nitrogens with zero attached hydrogens (tertiary/aromatic N) is 1. The summed E-state index contributed by atoms with van der Waals surface area (Å²) in [5.74, 6) is 0.678. The molecule has 1 heterocycles. The van der Waals surface area contributed by atoms with Crippen molar-refractivity contribution in [3.63, 3.8) is 0 Å². The molecule has 1 atom stereocenters. The zero-order valence-electron chi connectivity index (χ0n) is 14.1. The van der Waals surface area contributed by atoms with Gasteiger partial charge in [-0.2, -0.15) is 0 Å². The maximum Gasteiger partial charge on any atom is 0.0438 e. The highest BCUT2D eigenvalue weighted by molar-refractivity contribution is 5.53. The third kappa shape index (κ3) is 2.96. The molecule has 2 aliphatic rings. The summed E-state index contributed by atoms with van der Waals surface area (Å²) in [6, 6.07) is 7.63. The number of nitrogens with one attached hydrogen (secondary N) is 1. The standard InChI is InChI=1S/C19H30N2/c1-14(2)18-12-20-19(7-5-6-8-19)13-21(18)17-10-15(3)9-16(4)11-17/h9-11,14,18,20H,5-8,12-13H2,1-4H3. The molecular weight excluding hydrogens is 256 g/mol. The van der Waals surface area contributed by atoms with Crippen LogP contribution < -0.4 is 10.2 Å². The van der Waals surface area contributed by atoms with E-state index in [1.807, 2.05) is 0 Å². The van der Waals surface area contributed by atoms with Crippen LogP contribution in [0.4, 0.5) is 5.69 Å². The van der Waals surface area contributed by atoms with Crippen molar-refractivity contribution in [1.82, 2.24) is 5.32 Å². The summed E-state index contributed by atoms with van der Waals surface area (Å²) in [5.41, 5.74) is 4.57. The molecule has 2 fully saturated rings. The van der Waals surface area contributed by atoms with Gasteiger partial charge in [0.15, 0.2) is 0 Å². The number of aryl methyl sites for hydroxylation is 2. The second-order valence-electron chi connectivity index (χ2n) is 7.65. The van der Waals surface area contributed by atoms with Gasteiger partial charge < -0.3 is 10.2 Å². The van der Waals surface area contributed by atoms with Gasteiger partial charge >= 0.3 is 0 Å². The Hall–Kier alpha value is -1.02. The van der Waals surface area contributed by atoms with E-state index in [4.69, 9.17) is 0 Å². The maximum atomic E-state index is 3.91. The van der Waals surface area contributed by atoms with E-state index in [0.29, 0.717) is 17.5 Å². The van der Waals surface area contributed by atoms with E-state index < -0.39 is 0 Å². The van der Waals surface area contributed by atoms with Crippen LogP contribution >= 0.6 is 0 Å².